The van der Waals surface area contributed by atoms with Crippen molar-refractivity contribution in [3.63, 3.8) is 0 Å². The van der Waals surface area contributed by atoms with Crippen LogP contribution < -0.4 is 5.32 Å². The molecule has 2 amide bonds. The van der Waals surface area contributed by atoms with Gasteiger partial charge in [0.15, 0.2) is 0 Å². The number of aryl methyl sites for hydroxylation is 2. The van der Waals surface area contributed by atoms with Gasteiger partial charge in [-0.3, -0.25) is 14.5 Å². The maximum absolute atomic E-state index is 13.0. The van der Waals surface area contributed by atoms with Crippen LogP contribution in [0.2, 0.25) is 0 Å². The third kappa shape index (κ3) is 4.01. The van der Waals surface area contributed by atoms with Crippen molar-refractivity contribution in [2.45, 2.75) is 40.3 Å². The highest BCUT2D eigenvalue weighted by atomic mass is 32.1. The van der Waals surface area contributed by atoms with E-state index in [1.165, 1.54) is 16.9 Å². The number of likely N-dealkylation sites (tertiary alicyclic amines) is 2. The lowest BCUT2D eigenvalue weighted by atomic mass is 9.71. The van der Waals surface area contributed by atoms with Gasteiger partial charge in [0.2, 0.25) is 5.91 Å². The zero-order valence-electron chi connectivity index (χ0n) is 18.1. The third-order valence-corrected chi connectivity index (χ3v) is 7.17. The van der Waals surface area contributed by atoms with E-state index in [-0.39, 0.29) is 29.2 Å². The topological polar surface area (TPSA) is 65.5 Å². The Kier molecular flexibility index (Phi) is 5.68. The van der Waals surface area contributed by atoms with Crippen LogP contribution in [0.4, 0.5) is 0 Å². The van der Waals surface area contributed by atoms with E-state index in [9.17, 15) is 9.59 Å². The molecule has 2 fully saturated rings. The maximum Gasteiger partial charge on any atom is 0.265 e. The highest BCUT2D eigenvalue weighted by Crippen LogP contribution is 2.45. The number of benzene rings is 1. The first kappa shape index (κ1) is 21.0. The molecule has 1 unspecified atom stereocenters. The van der Waals surface area contributed by atoms with Crippen molar-refractivity contribution in [1.29, 1.82) is 0 Å². The molecular formula is C23H30N4O2S. The van der Waals surface area contributed by atoms with Gasteiger partial charge in [-0.15, -0.1) is 11.3 Å². The standard InChI is InChI=1S/C23H30N4O2S/c1-15(2)24-21(28)19-11-26(10-18-8-6-5-7-9-18)12-23(19)13-27(14-23)22(29)20-16(3)25-17(4)30-20/h5-9,15,19H,10-14H2,1-4H3,(H,24,28). The van der Waals surface area contributed by atoms with E-state index in [2.05, 4.69) is 27.3 Å². The lowest BCUT2D eigenvalue weighted by molar-refractivity contribution is -0.131. The number of aromatic nitrogens is 1. The van der Waals surface area contributed by atoms with Gasteiger partial charge in [0, 0.05) is 44.2 Å². The zero-order valence-corrected chi connectivity index (χ0v) is 19.0. The number of hydrogen-bond acceptors (Lipinski definition) is 5. The van der Waals surface area contributed by atoms with E-state index in [0.29, 0.717) is 13.1 Å². The van der Waals surface area contributed by atoms with Crippen molar-refractivity contribution in [1.82, 2.24) is 20.1 Å². The molecule has 1 aromatic heterocycles. The molecule has 0 aliphatic carbocycles. The van der Waals surface area contributed by atoms with Gasteiger partial charge in [-0.05, 0) is 33.3 Å². The predicted octanol–water partition coefficient (Wildman–Crippen LogP) is 2.86. The highest BCUT2D eigenvalue weighted by molar-refractivity contribution is 7.13. The SMILES string of the molecule is Cc1nc(C)c(C(=O)N2CC3(CN(Cc4ccccc4)CC3C(=O)NC(C)C)C2)s1. The van der Waals surface area contributed by atoms with E-state index in [4.69, 9.17) is 0 Å². The minimum absolute atomic E-state index is 0.0493. The molecule has 6 nitrogen and oxygen atoms in total. The number of hydrogen-bond donors (Lipinski definition) is 1. The summed E-state index contributed by atoms with van der Waals surface area (Å²) in [7, 11) is 0. The predicted molar refractivity (Wildman–Crippen MR) is 118 cm³/mol. The van der Waals surface area contributed by atoms with Crippen LogP contribution >= 0.6 is 11.3 Å². The maximum atomic E-state index is 13.0. The van der Waals surface area contributed by atoms with Crippen LogP contribution in [0.3, 0.4) is 0 Å². The normalized spacial score (nSPS) is 20.6. The summed E-state index contributed by atoms with van der Waals surface area (Å²) in [6.45, 7) is 11.5. The molecule has 2 saturated heterocycles. The first-order valence-corrected chi connectivity index (χ1v) is 11.4. The summed E-state index contributed by atoms with van der Waals surface area (Å²) in [5.41, 5.74) is 1.88. The molecule has 7 heteroatoms. The van der Waals surface area contributed by atoms with Gasteiger partial charge in [-0.2, -0.15) is 0 Å². The number of thiazole rings is 1. The van der Waals surface area contributed by atoms with Crippen LogP contribution in [0.5, 0.6) is 0 Å². The summed E-state index contributed by atoms with van der Waals surface area (Å²) in [5.74, 6) is 0.0580. The Morgan fingerprint density at radius 3 is 2.50 bits per heavy atom. The lowest BCUT2D eigenvalue weighted by Gasteiger charge is -2.50. The Balaban J connectivity index is 1.50. The summed E-state index contributed by atoms with van der Waals surface area (Å²) >= 11 is 1.46. The molecular weight excluding hydrogens is 396 g/mol. The fourth-order valence-corrected chi connectivity index (χ4v) is 5.72. The van der Waals surface area contributed by atoms with Crippen LogP contribution in [0.15, 0.2) is 30.3 Å². The van der Waals surface area contributed by atoms with Gasteiger partial charge < -0.3 is 10.2 Å². The highest BCUT2D eigenvalue weighted by Gasteiger charge is 2.58. The van der Waals surface area contributed by atoms with E-state index < -0.39 is 0 Å². The first-order valence-electron chi connectivity index (χ1n) is 10.6. The van der Waals surface area contributed by atoms with Crippen molar-refractivity contribution >= 4 is 23.2 Å². The van der Waals surface area contributed by atoms with Gasteiger partial charge in [0.1, 0.15) is 4.88 Å². The molecule has 1 atom stereocenters. The number of nitrogens with one attached hydrogen (secondary N) is 1. The number of carbonyl (C=O) groups excluding carboxylic acids is 2. The van der Waals surface area contributed by atoms with Crippen molar-refractivity contribution in [3.8, 4) is 0 Å². The molecule has 160 valence electrons. The number of nitrogens with zero attached hydrogens (tertiary/aromatic N) is 3. The molecule has 1 aromatic carbocycles. The monoisotopic (exact) mass is 426 g/mol. The Morgan fingerprint density at radius 2 is 1.90 bits per heavy atom. The average molecular weight is 427 g/mol. The molecule has 0 saturated carbocycles. The quantitative estimate of drug-likeness (QED) is 0.799. The Hall–Kier alpha value is -2.25. The molecule has 3 heterocycles. The summed E-state index contributed by atoms with van der Waals surface area (Å²) in [4.78, 5) is 35.4. The number of rotatable bonds is 5. The summed E-state index contributed by atoms with van der Waals surface area (Å²) in [6.07, 6.45) is 0. The smallest absolute Gasteiger partial charge is 0.265 e. The molecule has 0 bridgehead atoms. The Morgan fingerprint density at radius 1 is 1.20 bits per heavy atom. The molecule has 2 aliphatic rings. The van der Waals surface area contributed by atoms with Gasteiger partial charge in [0.25, 0.3) is 5.91 Å². The Bertz CT molecular complexity index is 934. The number of amides is 2. The second kappa shape index (κ2) is 8.12. The van der Waals surface area contributed by atoms with Crippen LogP contribution in [0.25, 0.3) is 0 Å². The van der Waals surface area contributed by atoms with Crippen molar-refractivity contribution < 1.29 is 9.59 Å². The van der Waals surface area contributed by atoms with Gasteiger partial charge in [0.05, 0.1) is 16.6 Å². The molecule has 4 rings (SSSR count). The Labute approximate surface area is 182 Å². The molecule has 2 aliphatic heterocycles. The summed E-state index contributed by atoms with van der Waals surface area (Å²) < 4.78 is 0. The third-order valence-electron chi connectivity index (χ3n) is 6.11. The minimum atomic E-state index is -0.170. The van der Waals surface area contributed by atoms with Crippen molar-refractivity contribution in [3.05, 3.63) is 51.5 Å². The molecule has 1 spiro atoms. The average Bonchev–Trinajstić information content (AvgIpc) is 3.20. The van der Waals surface area contributed by atoms with Crippen LogP contribution in [-0.2, 0) is 11.3 Å². The second-order valence-electron chi connectivity index (χ2n) is 9.04. The van der Waals surface area contributed by atoms with Crippen molar-refractivity contribution in [2.75, 3.05) is 26.2 Å². The molecule has 30 heavy (non-hydrogen) atoms. The van der Waals surface area contributed by atoms with Crippen LogP contribution in [-0.4, -0.2) is 58.8 Å². The lowest BCUT2D eigenvalue weighted by Crippen LogP contribution is -2.64. The fraction of sp³-hybridized carbons (Fsp3) is 0.522. The van der Waals surface area contributed by atoms with E-state index in [0.717, 1.165) is 35.2 Å². The van der Waals surface area contributed by atoms with Crippen LogP contribution in [0, 0.1) is 25.2 Å². The minimum Gasteiger partial charge on any atom is -0.354 e. The summed E-state index contributed by atoms with van der Waals surface area (Å²) in [5, 5.41) is 4.02. The molecule has 1 N–H and O–H groups in total. The second-order valence-corrected chi connectivity index (χ2v) is 10.2. The first-order chi connectivity index (χ1) is 14.3. The fourth-order valence-electron chi connectivity index (χ4n) is 4.83. The largest absolute Gasteiger partial charge is 0.354 e. The molecule has 0 radical (unpaired) electrons. The zero-order chi connectivity index (χ0) is 21.5. The van der Waals surface area contributed by atoms with E-state index in [1.54, 1.807) is 0 Å². The van der Waals surface area contributed by atoms with Gasteiger partial charge >= 0.3 is 0 Å². The van der Waals surface area contributed by atoms with Crippen molar-refractivity contribution in [2.24, 2.45) is 11.3 Å². The number of carbonyl (C=O) groups is 2. The van der Waals surface area contributed by atoms with E-state index >= 15 is 0 Å². The summed E-state index contributed by atoms with van der Waals surface area (Å²) in [6, 6.07) is 10.5. The van der Waals surface area contributed by atoms with Gasteiger partial charge in [-0.1, -0.05) is 30.3 Å². The van der Waals surface area contributed by atoms with E-state index in [1.807, 2.05) is 50.8 Å². The van der Waals surface area contributed by atoms with Crippen LogP contribution in [0.1, 0.15) is 39.8 Å². The molecule has 2 aromatic rings. The van der Waals surface area contributed by atoms with Gasteiger partial charge in [-0.25, -0.2) is 4.98 Å².